The van der Waals surface area contributed by atoms with Crippen LogP contribution >= 0.6 is 0 Å². The van der Waals surface area contributed by atoms with Gasteiger partial charge in [0.05, 0.1) is 0 Å². The summed E-state index contributed by atoms with van der Waals surface area (Å²) in [6.45, 7) is 0. The maximum atomic E-state index is 9.13. The molecule has 2 heteroatoms. The van der Waals surface area contributed by atoms with Crippen LogP contribution in [0.3, 0.4) is 0 Å². The van der Waals surface area contributed by atoms with Crippen LogP contribution in [0.1, 0.15) is 0 Å². The lowest BCUT2D eigenvalue weighted by atomic mass is 10.0. The van der Waals surface area contributed by atoms with Gasteiger partial charge in [0.25, 0.3) is 0 Å². The second-order valence-corrected chi connectivity index (χ2v) is 2.09. The van der Waals surface area contributed by atoms with Crippen molar-refractivity contribution in [2.75, 3.05) is 0 Å². The fraction of sp³-hybridized carbons (Fsp3) is 0.250. The summed E-state index contributed by atoms with van der Waals surface area (Å²) >= 11 is 0. The van der Waals surface area contributed by atoms with Crippen molar-refractivity contribution in [1.29, 1.82) is 0 Å². The van der Waals surface area contributed by atoms with E-state index in [2.05, 4.69) is 5.92 Å². The number of allylic oxidation sites excluding steroid dienone is 2. The molecule has 1 rings (SSSR count). The van der Waals surface area contributed by atoms with Gasteiger partial charge >= 0.3 is 0 Å². The third kappa shape index (κ3) is 1.10. The minimum absolute atomic E-state index is 0.426. The first kappa shape index (κ1) is 7.07. The molecule has 0 aliphatic heterocycles. The van der Waals surface area contributed by atoms with Crippen molar-refractivity contribution in [3.8, 4) is 12.3 Å². The zero-order valence-electron chi connectivity index (χ0n) is 5.36. The van der Waals surface area contributed by atoms with E-state index in [-0.39, 0.29) is 0 Å². The Balaban J connectivity index is 2.84. The molecule has 1 aliphatic rings. The van der Waals surface area contributed by atoms with Crippen LogP contribution in [0.2, 0.25) is 0 Å². The Morgan fingerprint density at radius 2 is 2.20 bits per heavy atom. The minimum atomic E-state index is -0.921. The molecule has 0 heterocycles. The second kappa shape index (κ2) is 2.70. The fourth-order valence-corrected chi connectivity index (χ4v) is 0.794. The lowest BCUT2D eigenvalue weighted by Crippen LogP contribution is -2.27. The van der Waals surface area contributed by atoms with E-state index >= 15 is 0 Å². The lowest BCUT2D eigenvalue weighted by molar-refractivity contribution is 0.0745. The molecule has 0 saturated heterocycles. The van der Waals surface area contributed by atoms with E-state index in [1.165, 1.54) is 6.08 Å². The van der Waals surface area contributed by atoms with Crippen molar-refractivity contribution < 1.29 is 10.2 Å². The van der Waals surface area contributed by atoms with Crippen molar-refractivity contribution in [3.63, 3.8) is 0 Å². The fourth-order valence-electron chi connectivity index (χ4n) is 0.794. The number of terminal acetylenes is 1. The molecule has 0 bridgehead atoms. The molecule has 0 saturated carbocycles. The number of hydrogen-bond acceptors (Lipinski definition) is 2. The second-order valence-electron chi connectivity index (χ2n) is 2.09. The van der Waals surface area contributed by atoms with Gasteiger partial charge in [0.2, 0.25) is 0 Å². The first-order chi connectivity index (χ1) is 4.75. The predicted molar refractivity (Wildman–Crippen MR) is 38.1 cm³/mol. The normalized spacial score (nSPS) is 31.1. The van der Waals surface area contributed by atoms with E-state index in [4.69, 9.17) is 16.6 Å². The van der Waals surface area contributed by atoms with Gasteiger partial charge in [-0.25, -0.2) is 0 Å². The Bertz CT molecular complexity index is 220. The molecule has 0 aromatic carbocycles. The zero-order chi connectivity index (χ0) is 7.56. The predicted octanol–water partition coefficient (Wildman–Crippen LogP) is -0.162. The number of aliphatic hydroxyl groups is 2. The van der Waals surface area contributed by atoms with Crippen LogP contribution in [-0.2, 0) is 0 Å². The Labute approximate surface area is 59.5 Å². The van der Waals surface area contributed by atoms with Gasteiger partial charge in [-0.3, -0.25) is 0 Å². The molecule has 2 N–H and O–H groups in total. The van der Waals surface area contributed by atoms with Gasteiger partial charge in [0, 0.05) is 5.57 Å². The van der Waals surface area contributed by atoms with E-state index in [0.29, 0.717) is 5.57 Å². The van der Waals surface area contributed by atoms with Crippen LogP contribution in [0.5, 0.6) is 0 Å². The highest BCUT2D eigenvalue weighted by molar-refractivity contribution is 5.37. The van der Waals surface area contributed by atoms with Gasteiger partial charge in [-0.2, -0.15) is 0 Å². The summed E-state index contributed by atoms with van der Waals surface area (Å²) in [4.78, 5) is 0. The van der Waals surface area contributed by atoms with Crippen molar-refractivity contribution in [2.24, 2.45) is 0 Å². The summed E-state index contributed by atoms with van der Waals surface area (Å²) in [6.07, 6.45) is 7.99. The number of hydrogen-bond donors (Lipinski definition) is 2. The third-order valence-electron chi connectivity index (χ3n) is 1.39. The Morgan fingerprint density at radius 1 is 1.50 bits per heavy atom. The molecule has 0 fully saturated rings. The summed E-state index contributed by atoms with van der Waals surface area (Å²) in [5.74, 6) is 2.28. The van der Waals surface area contributed by atoms with Crippen LogP contribution in [0.4, 0.5) is 0 Å². The molecule has 2 nitrogen and oxygen atoms in total. The summed E-state index contributed by atoms with van der Waals surface area (Å²) < 4.78 is 0. The van der Waals surface area contributed by atoms with Gasteiger partial charge in [-0.15, -0.1) is 6.42 Å². The molecule has 0 aromatic rings. The zero-order valence-corrected chi connectivity index (χ0v) is 5.36. The molecule has 2 atom stereocenters. The van der Waals surface area contributed by atoms with Gasteiger partial charge in [0.15, 0.2) is 0 Å². The molecule has 52 valence electrons. The highest BCUT2D eigenvalue weighted by Gasteiger charge is 2.18. The standard InChI is InChI=1S/C8H8O2/c1-2-6-4-3-5-7(9)8(6)10/h1,3-5,7-10H/t7-,8+/m0/s1. The van der Waals surface area contributed by atoms with E-state index in [1.54, 1.807) is 12.2 Å². The van der Waals surface area contributed by atoms with Crippen molar-refractivity contribution in [1.82, 2.24) is 0 Å². The van der Waals surface area contributed by atoms with E-state index in [9.17, 15) is 0 Å². The smallest absolute Gasteiger partial charge is 0.116 e. The molecule has 0 aromatic heterocycles. The average Bonchev–Trinajstić information content (AvgIpc) is 1.95. The number of rotatable bonds is 0. The Kier molecular flexibility index (Phi) is 1.91. The van der Waals surface area contributed by atoms with Gasteiger partial charge in [-0.05, 0) is 6.08 Å². The maximum absolute atomic E-state index is 9.13. The third-order valence-corrected chi connectivity index (χ3v) is 1.39. The summed E-state index contributed by atoms with van der Waals surface area (Å²) in [5.41, 5.74) is 0.426. The van der Waals surface area contributed by atoms with Gasteiger partial charge in [-0.1, -0.05) is 18.1 Å². The minimum Gasteiger partial charge on any atom is -0.386 e. The highest BCUT2D eigenvalue weighted by Crippen LogP contribution is 2.11. The van der Waals surface area contributed by atoms with Gasteiger partial charge < -0.3 is 10.2 Å². The molecular formula is C8H8O2. The van der Waals surface area contributed by atoms with Crippen LogP contribution in [0, 0.1) is 12.3 Å². The highest BCUT2D eigenvalue weighted by atomic mass is 16.3. The summed E-state index contributed by atoms with van der Waals surface area (Å²) in [7, 11) is 0. The Morgan fingerprint density at radius 3 is 2.70 bits per heavy atom. The van der Waals surface area contributed by atoms with Crippen LogP contribution < -0.4 is 0 Å². The van der Waals surface area contributed by atoms with Crippen molar-refractivity contribution in [3.05, 3.63) is 23.8 Å². The molecule has 0 spiro atoms. The SMILES string of the molecule is C#CC1=CC=C[C@H](O)[C@@H]1O. The summed E-state index contributed by atoms with van der Waals surface area (Å²) in [5, 5.41) is 18.1. The average molecular weight is 136 g/mol. The van der Waals surface area contributed by atoms with Gasteiger partial charge in [0.1, 0.15) is 12.2 Å². The largest absolute Gasteiger partial charge is 0.386 e. The van der Waals surface area contributed by atoms with E-state index < -0.39 is 12.2 Å². The molecular weight excluding hydrogens is 128 g/mol. The van der Waals surface area contributed by atoms with E-state index in [1.807, 2.05) is 0 Å². The Hall–Kier alpha value is -1.04. The topological polar surface area (TPSA) is 40.5 Å². The number of aliphatic hydroxyl groups excluding tert-OH is 2. The first-order valence-corrected chi connectivity index (χ1v) is 2.97. The first-order valence-electron chi connectivity index (χ1n) is 2.97. The van der Waals surface area contributed by atoms with Crippen molar-refractivity contribution >= 4 is 0 Å². The molecule has 10 heavy (non-hydrogen) atoms. The van der Waals surface area contributed by atoms with Crippen LogP contribution in [0.15, 0.2) is 23.8 Å². The van der Waals surface area contributed by atoms with E-state index in [0.717, 1.165) is 0 Å². The molecule has 0 radical (unpaired) electrons. The van der Waals surface area contributed by atoms with Crippen LogP contribution in [0.25, 0.3) is 0 Å². The molecule has 0 amide bonds. The molecule has 1 aliphatic carbocycles. The van der Waals surface area contributed by atoms with Crippen molar-refractivity contribution in [2.45, 2.75) is 12.2 Å². The quantitative estimate of drug-likeness (QED) is 0.454. The lowest BCUT2D eigenvalue weighted by Gasteiger charge is -2.16. The van der Waals surface area contributed by atoms with Crippen LogP contribution in [-0.4, -0.2) is 22.4 Å². The maximum Gasteiger partial charge on any atom is 0.116 e. The monoisotopic (exact) mass is 136 g/mol. The summed E-state index contributed by atoms with van der Waals surface area (Å²) in [6, 6.07) is 0. The molecule has 0 unspecified atom stereocenters.